The smallest absolute Gasteiger partial charge is 0.313 e. The molecule has 0 aliphatic heterocycles. The van der Waals surface area contributed by atoms with E-state index in [4.69, 9.17) is 5.11 Å². The summed E-state index contributed by atoms with van der Waals surface area (Å²) in [4.78, 5) is 22.1. The van der Waals surface area contributed by atoms with E-state index < -0.39 is 5.97 Å². The van der Waals surface area contributed by atoms with Crippen molar-refractivity contribution in [2.75, 3.05) is 23.1 Å². The van der Waals surface area contributed by atoms with Crippen LogP contribution in [0.15, 0.2) is 4.34 Å². The van der Waals surface area contributed by atoms with Gasteiger partial charge in [0, 0.05) is 11.7 Å². The second kappa shape index (κ2) is 7.59. The lowest BCUT2D eigenvalue weighted by Crippen LogP contribution is -2.21. The lowest BCUT2D eigenvalue weighted by atomic mass is 10.2. The predicted octanol–water partition coefficient (Wildman–Crippen LogP) is 1.65. The molecule has 0 spiro atoms. The van der Waals surface area contributed by atoms with Gasteiger partial charge in [-0.3, -0.25) is 9.59 Å². The SMILES string of the molecule is CSCC(C)C(=O)Nc1nnc(SCC(=O)O)s1. The van der Waals surface area contributed by atoms with Crippen LogP contribution in [0.1, 0.15) is 6.92 Å². The lowest BCUT2D eigenvalue weighted by molar-refractivity contribution is -0.133. The number of amides is 1. The van der Waals surface area contributed by atoms with Crippen molar-refractivity contribution in [3.05, 3.63) is 0 Å². The molecule has 0 aliphatic rings. The highest BCUT2D eigenvalue weighted by molar-refractivity contribution is 8.01. The Bertz CT molecular complexity index is 424. The molecule has 1 aromatic rings. The highest BCUT2D eigenvalue weighted by Crippen LogP contribution is 2.25. The van der Waals surface area contributed by atoms with E-state index in [0.717, 1.165) is 17.5 Å². The lowest BCUT2D eigenvalue weighted by Gasteiger charge is -2.07. The molecule has 1 heterocycles. The van der Waals surface area contributed by atoms with Crippen molar-refractivity contribution in [3.8, 4) is 0 Å². The number of carbonyl (C=O) groups is 2. The number of hydrogen-bond acceptors (Lipinski definition) is 7. The maximum atomic E-state index is 11.7. The molecule has 100 valence electrons. The second-order valence-corrected chi connectivity index (χ2v) is 6.51. The molecule has 0 saturated carbocycles. The molecule has 0 saturated heterocycles. The first-order chi connectivity index (χ1) is 8.52. The molecule has 0 bridgehead atoms. The summed E-state index contributed by atoms with van der Waals surface area (Å²) in [5, 5.41) is 19.2. The number of aromatic nitrogens is 2. The normalized spacial score (nSPS) is 12.1. The van der Waals surface area contributed by atoms with Crippen molar-refractivity contribution in [2.45, 2.75) is 11.3 Å². The Kier molecular flexibility index (Phi) is 6.44. The molecule has 0 aliphatic carbocycles. The van der Waals surface area contributed by atoms with Crippen LogP contribution in [0.2, 0.25) is 0 Å². The van der Waals surface area contributed by atoms with E-state index in [-0.39, 0.29) is 17.6 Å². The molecule has 1 unspecified atom stereocenters. The number of rotatable bonds is 7. The largest absolute Gasteiger partial charge is 0.481 e. The number of nitrogens with one attached hydrogen (secondary N) is 1. The van der Waals surface area contributed by atoms with Crippen LogP contribution in [0.4, 0.5) is 5.13 Å². The first-order valence-corrected chi connectivity index (χ1v) is 8.20. The summed E-state index contributed by atoms with van der Waals surface area (Å²) >= 11 is 3.86. The number of nitrogens with zero attached hydrogens (tertiary/aromatic N) is 2. The fraction of sp³-hybridized carbons (Fsp3) is 0.556. The Hall–Kier alpha value is -0.800. The summed E-state index contributed by atoms with van der Waals surface area (Å²) in [6.45, 7) is 1.84. The Morgan fingerprint density at radius 3 is 2.83 bits per heavy atom. The molecule has 1 atom stereocenters. The molecule has 18 heavy (non-hydrogen) atoms. The molecule has 1 rings (SSSR count). The molecule has 6 nitrogen and oxygen atoms in total. The summed E-state index contributed by atoms with van der Waals surface area (Å²) in [7, 11) is 0. The number of anilines is 1. The van der Waals surface area contributed by atoms with Crippen LogP contribution in [0, 0.1) is 5.92 Å². The van der Waals surface area contributed by atoms with Gasteiger partial charge in [0.2, 0.25) is 11.0 Å². The fourth-order valence-corrected chi connectivity index (χ4v) is 3.12. The maximum absolute atomic E-state index is 11.7. The molecule has 1 aromatic heterocycles. The third-order valence-electron chi connectivity index (χ3n) is 1.82. The molecular formula is C9H13N3O3S3. The number of hydrogen-bond donors (Lipinski definition) is 2. The van der Waals surface area contributed by atoms with Gasteiger partial charge in [-0.2, -0.15) is 11.8 Å². The number of carboxylic acids is 1. The van der Waals surface area contributed by atoms with Crippen molar-refractivity contribution in [1.29, 1.82) is 0 Å². The standard InChI is InChI=1S/C9H13N3O3S3/c1-5(3-16-2)7(15)10-8-11-12-9(18-8)17-4-6(13)14/h5H,3-4H2,1-2H3,(H,13,14)(H,10,11,15). The van der Waals surface area contributed by atoms with E-state index >= 15 is 0 Å². The Morgan fingerprint density at radius 1 is 1.50 bits per heavy atom. The van der Waals surface area contributed by atoms with Gasteiger partial charge in [-0.05, 0) is 6.26 Å². The topological polar surface area (TPSA) is 92.2 Å². The second-order valence-electron chi connectivity index (χ2n) is 3.40. The molecule has 0 radical (unpaired) electrons. The van der Waals surface area contributed by atoms with Crippen molar-refractivity contribution in [1.82, 2.24) is 10.2 Å². The Morgan fingerprint density at radius 2 is 2.22 bits per heavy atom. The number of carbonyl (C=O) groups excluding carboxylic acids is 1. The zero-order chi connectivity index (χ0) is 13.5. The monoisotopic (exact) mass is 307 g/mol. The zero-order valence-electron chi connectivity index (χ0n) is 9.87. The fourth-order valence-electron chi connectivity index (χ4n) is 0.996. The Balaban J connectivity index is 2.48. The van der Waals surface area contributed by atoms with Crippen molar-refractivity contribution in [2.24, 2.45) is 5.92 Å². The Labute approximate surface area is 117 Å². The summed E-state index contributed by atoms with van der Waals surface area (Å²) in [5.74, 6) is -0.430. The van der Waals surface area contributed by atoms with E-state index in [1.54, 1.807) is 11.8 Å². The summed E-state index contributed by atoms with van der Waals surface area (Å²) < 4.78 is 0.533. The number of thioether (sulfide) groups is 2. The zero-order valence-corrected chi connectivity index (χ0v) is 12.3. The minimum atomic E-state index is -0.908. The quantitative estimate of drug-likeness (QED) is 0.584. The molecule has 0 aromatic carbocycles. The van der Waals surface area contributed by atoms with Gasteiger partial charge in [-0.25, -0.2) is 0 Å². The van der Waals surface area contributed by atoms with Gasteiger partial charge in [0.15, 0.2) is 4.34 Å². The average Bonchev–Trinajstić information content (AvgIpc) is 2.74. The van der Waals surface area contributed by atoms with Crippen LogP contribution >= 0.6 is 34.9 Å². The van der Waals surface area contributed by atoms with Crippen molar-refractivity contribution >= 4 is 51.9 Å². The van der Waals surface area contributed by atoms with E-state index in [9.17, 15) is 9.59 Å². The van der Waals surface area contributed by atoms with Crippen LogP contribution in [0.25, 0.3) is 0 Å². The van der Waals surface area contributed by atoms with Gasteiger partial charge < -0.3 is 10.4 Å². The maximum Gasteiger partial charge on any atom is 0.313 e. The van der Waals surface area contributed by atoms with Crippen LogP contribution in [-0.2, 0) is 9.59 Å². The molecule has 9 heteroatoms. The average molecular weight is 307 g/mol. The summed E-state index contributed by atoms with van der Waals surface area (Å²) in [6, 6.07) is 0. The predicted molar refractivity (Wildman–Crippen MR) is 74.4 cm³/mol. The molecule has 0 fully saturated rings. The van der Waals surface area contributed by atoms with E-state index in [0.29, 0.717) is 9.47 Å². The van der Waals surface area contributed by atoms with Crippen LogP contribution in [-0.4, -0.2) is 44.9 Å². The van der Waals surface area contributed by atoms with Gasteiger partial charge in [0.1, 0.15) is 0 Å². The van der Waals surface area contributed by atoms with Crippen molar-refractivity contribution in [3.63, 3.8) is 0 Å². The molecular weight excluding hydrogens is 294 g/mol. The van der Waals surface area contributed by atoms with E-state index in [2.05, 4.69) is 15.5 Å². The highest BCUT2D eigenvalue weighted by Gasteiger charge is 2.15. The molecule has 2 N–H and O–H groups in total. The minimum absolute atomic E-state index is 0.0640. The summed E-state index contributed by atoms with van der Waals surface area (Å²) in [6.07, 6.45) is 1.94. The number of carboxylic acid groups (broad SMARTS) is 1. The van der Waals surface area contributed by atoms with Crippen molar-refractivity contribution < 1.29 is 14.7 Å². The first-order valence-electron chi connectivity index (χ1n) is 5.00. The van der Waals surface area contributed by atoms with Gasteiger partial charge >= 0.3 is 5.97 Å². The summed E-state index contributed by atoms with van der Waals surface area (Å²) in [5.41, 5.74) is 0. The van der Waals surface area contributed by atoms with Crippen LogP contribution in [0.5, 0.6) is 0 Å². The van der Waals surface area contributed by atoms with E-state index in [1.165, 1.54) is 11.3 Å². The third kappa shape index (κ3) is 5.23. The van der Waals surface area contributed by atoms with Crippen LogP contribution in [0.3, 0.4) is 0 Å². The van der Waals surface area contributed by atoms with Gasteiger partial charge in [0.05, 0.1) is 5.75 Å². The highest BCUT2D eigenvalue weighted by atomic mass is 32.2. The number of aliphatic carboxylic acids is 1. The van der Waals surface area contributed by atoms with Crippen LogP contribution < -0.4 is 5.32 Å². The third-order valence-corrected chi connectivity index (χ3v) is 4.61. The minimum Gasteiger partial charge on any atom is -0.481 e. The van der Waals surface area contributed by atoms with E-state index in [1.807, 2.05) is 13.2 Å². The van der Waals surface area contributed by atoms with Gasteiger partial charge in [0.25, 0.3) is 0 Å². The van der Waals surface area contributed by atoms with Gasteiger partial charge in [-0.15, -0.1) is 10.2 Å². The molecule has 1 amide bonds. The first kappa shape index (κ1) is 15.3. The van der Waals surface area contributed by atoms with Gasteiger partial charge in [-0.1, -0.05) is 30.0 Å².